The van der Waals surface area contributed by atoms with Crippen molar-refractivity contribution in [2.75, 3.05) is 13.1 Å². The van der Waals surface area contributed by atoms with Crippen LogP contribution in [0.25, 0.3) is 0 Å². The molecule has 1 unspecified atom stereocenters. The fraction of sp³-hybridized carbons (Fsp3) is 0.500. The van der Waals surface area contributed by atoms with Crippen LogP contribution in [-0.2, 0) is 4.79 Å². The molecule has 0 radical (unpaired) electrons. The summed E-state index contributed by atoms with van der Waals surface area (Å²) in [7, 11) is 0. The van der Waals surface area contributed by atoms with Crippen molar-refractivity contribution in [2.45, 2.75) is 31.7 Å². The maximum absolute atomic E-state index is 11.0. The molecule has 0 aliphatic carbocycles. The van der Waals surface area contributed by atoms with Crippen molar-refractivity contribution >= 4 is 18.4 Å². The average Bonchev–Trinajstić information content (AvgIpc) is 2.38. The maximum atomic E-state index is 11.0. The third kappa shape index (κ3) is 4.00. The fourth-order valence-electron chi connectivity index (χ4n) is 2.53. The fourth-order valence-corrected chi connectivity index (χ4v) is 2.53. The Kier molecular flexibility index (Phi) is 6.16. The molecule has 0 amide bonds. The molecule has 1 aromatic rings. The van der Waals surface area contributed by atoms with Gasteiger partial charge in [-0.3, -0.25) is 9.69 Å². The number of hydrogen-bond acceptors (Lipinski definition) is 2. The topological polar surface area (TPSA) is 40.5 Å². The highest BCUT2D eigenvalue weighted by Gasteiger charge is 2.24. The molecule has 0 spiro atoms. The number of piperidine rings is 1. The van der Waals surface area contributed by atoms with E-state index in [1.165, 1.54) is 19.3 Å². The summed E-state index contributed by atoms with van der Waals surface area (Å²) in [5, 5.41) is 9.05. The van der Waals surface area contributed by atoms with Gasteiger partial charge >= 0.3 is 5.97 Å². The van der Waals surface area contributed by atoms with Crippen LogP contribution in [0.2, 0.25) is 0 Å². The second kappa shape index (κ2) is 7.39. The van der Waals surface area contributed by atoms with Crippen LogP contribution in [0.15, 0.2) is 30.3 Å². The summed E-state index contributed by atoms with van der Waals surface area (Å²) in [6.45, 7) is 2.04. The van der Waals surface area contributed by atoms with Gasteiger partial charge in [0.15, 0.2) is 0 Å². The molecule has 1 aliphatic heterocycles. The first-order valence-electron chi connectivity index (χ1n) is 6.28. The van der Waals surface area contributed by atoms with Crippen molar-refractivity contribution in [3.05, 3.63) is 35.9 Å². The summed E-state index contributed by atoms with van der Waals surface area (Å²) in [6, 6.07) is 10.0. The Balaban J connectivity index is 0.00000162. The van der Waals surface area contributed by atoms with Crippen molar-refractivity contribution in [3.8, 4) is 0 Å². The monoisotopic (exact) mass is 269 g/mol. The molecule has 0 bridgehead atoms. The molecule has 4 heteroatoms. The Bertz CT molecular complexity index is 363. The van der Waals surface area contributed by atoms with E-state index in [9.17, 15) is 4.79 Å². The zero-order chi connectivity index (χ0) is 12.1. The Labute approximate surface area is 114 Å². The molecule has 2 rings (SSSR count). The number of rotatable bonds is 4. The number of benzene rings is 1. The van der Waals surface area contributed by atoms with Crippen LogP contribution in [0.3, 0.4) is 0 Å². The van der Waals surface area contributed by atoms with Crippen molar-refractivity contribution in [3.63, 3.8) is 0 Å². The molecule has 100 valence electrons. The summed E-state index contributed by atoms with van der Waals surface area (Å²) in [4.78, 5) is 13.3. The molecule has 1 N–H and O–H groups in total. The second-order valence-electron chi connectivity index (χ2n) is 4.62. The highest BCUT2D eigenvalue weighted by atomic mass is 35.5. The summed E-state index contributed by atoms with van der Waals surface area (Å²) in [5.41, 5.74) is 1.12. The van der Waals surface area contributed by atoms with Gasteiger partial charge in [0.05, 0.1) is 6.42 Å². The zero-order valence-electron chi connectivity index (χ0n) is 10.4. The van der Waals surface area contributed by atoms with Crippen molar-refractivity contribution < 1.29 is 9.90 Å². The molecule has 0 saturated carbocycles. The molecule has 18 heavy (non-hydrogen) atoms. The number of aliphatic carboxylic acids is 1. The van der Waals surface area contributed by atoms with Crippen molar-refractivity contribution in [1.82, 2.24) is 4.90 Å². The lowest BCUT2D eigenvalue weighted by Crippen LogP contribution is -2.34. The SMILES string of the molecule is Cl.O=C(O)CC(c1ccccc1)N1CCCCC1. The lowest BCUT2D eigenvalue weighted by atomic mass is 9.99. The quantitative estimate of drug-likeness (QED) is 0.913. The lowest BCUT2D eigenvalue weighted by molar-refractivity contribution is -0.138. The van der Waals surface area contributed by atoms with Gasteiger partial charge < -0.3 is 5.11 Å². The van der Waals surface area contributed by atoms with Crippen LogP contribution >= 0.6 is 12.4 Å². The van der Waals surface area contributed by atoms with Crippen LogP contribution in [0.4, 0.5) is 0 Å². The number of hydrogen-bond donors (Lipinski definition) is 1. The van der Waals surface area contributed by atoms with E-state index in [0.717, 1.165) is 18.7 Å². The largest absolute Gasteiger partial charge is 0.481 e. The summed E-state index contributed by atoms with van der Waals surface area (Å²) >= 11 is 0. The van der Waals surface area contributed by atoms with Crippen LogP contribution in [0, 0.1) is 0 Å². The second-order valence-corrected chi connectivity index (χ2v) is 4.62. The molecule has 0 aromatic heterocycles. The summed E-state index contributed by atoms with van der Waals surface area (Å²) in [6.07, 6.45) is 3.83. The van der Waals surface area contributed by atoms with E-state index in [1.807, 2.05) is 30.3 Å². The first-order chi connectivity index (χ1) is 8.27. The highest BCUT2D eigenvalue weighted by molar-refractivity contribution is 5.85. The van der Waals surface area contributed by atoms with Gasteiger partial charge in [0.25, 0.3) is 0 Å². The number of carboxylic acid groups (broad SMARTS) is 1. The van der Waals surface area contributed by atoms with Gasteiger partial charge in [-0.25, -0.2) is 0 Å². The van der Waals surface area contributed by atoms with Gasteiger partial charge in [0.2, 0.25) is 0 Å². The number of carboxylic acids is 1. The van der Waals surface area contributed by atoms with Gasteiger partial charge in [-0.1, -0.05) is 36.8 Å². The first-order valence-corrected chi connectivity index (χ1v) is 6.28. The molecule has 1 atom stereocenters. The molecular formula is C14H20ClNO2. The molecule has 1 fully saturated rings. The van der Waals surface area contributed by atoms with Crippen LogP contribution in [0.5, 0.6) is 0 Å². The Morgan fingerprint density at radius 3 is 2.33 bits per heavy atom. The lowest BCUT2D eigenvalue weighted by Gasteiger charge is -2.34. The van der Waals surface area contributed by atoms with E-state index < -0.39 is 5.97 Å². The van der Waals surface area contributed by atoms with Gasteiger partial charge in [0, 0.05) is 6.04 Å². The maximum Gasteiger partial charge on any atom is 0.305 e. The van der Waals surface area contributed by atoms with Crippen LogP contribution in [-0.4, -0.2) is 29.1 Å². The molecule has 3 nitrogen and oxygen atoms in total. The minimum atomic E-state index is -0.718. The molecule has 1 saturated heterocycles. The Morgan fingerprint density at radius 1 is 1.17 bits per heavy atom. The third-order valence-corrected chi connectivity index (χ3v) is 3.38. The normalized spacial score (nSPS) is 17.8. The minimum absolute atomic E-state index is 0. The molecule has 1 aromatic carbocycles. The molecule has 1 aliphatic rings. The van der Waals surface area contributed by atoms with Gasteiger partial charge in [-0.15, -0.1) is 12.4 Å². The van der Waals surface area contributed by atoms with E-state index >= 15 is 0 Å². The van der Waals surface area contributed by atoms with Crippen molar-refractivity contribution in [2.24, 2.45) is 0 Å². The van der Waals surface area contributed by atoms with E-state index in [-0.39, 0.29) is 24.9 Å². The number of likely N-dealkylation sites (tertiary alicyclic amines) is 1. The Morgan fingerprint density at radius 2 is 1.78 bits per heavy atom. The predicted octanol–water partition coefficient (Wildman–Crippen LogP) is 3.11. The van der Waals surface area contributed by atoms with Gasteiger partial charge in [-0.2, -0.15) is 0 Å². The number of halogens is 1. The smallest absolute Gasteiger partial charge is 0.305 e. The summed E-state index contributed by atoms with van der Waals surface area (Å²) < 4.78 is 0. The van der Waals surface area contributed by atoms with Crippen molar-refractivity contribution in [1.29, 1.82) is 0 Å². The van der Waals surface area contributed by atoms with Crippen LogP contribution < -0.4 is 0 Å². The minimum Gasteiger partial charge on any atom is -0.481 e. The predicted molar refractivity (Wildman–Crippen MR) is 74.1 cm³/mol. The first kappa shape index (κ1) is 15.0. The van der Waals surface area contributed by atoms with Gasteiger partial charge in [0.1, 0.15) is 0 Å². The van der Waals surface area contributed by atoms with Crippen LogP contribution in [0.1, 0.15) is 37.3 Å². The zero-order valence-corrected chi connectivity index (χ0v) is 11.2. The van der Waals surface area contributed by atoms with E-state index in [1.54, 1.807) is 0 Å². The van der Waals surface area contributed by atoms with E-state index in [2.05, 4.69) is 4.90 Å². The van der Waals surface area contributed by atoms with Gasteiger partial charge in [-0.05, 0) is 31.5 Å². The standard InChI is InChI=1S/C14H19NO2.ClH/c16-14(17)11-13(12-7-3-1-4-8-12)15-9-5-2-6-10-15;/h1,3-4,7-8,13H,2,5-6,9-11H2,(H,16,17);1H. The highest BCUT2D eigenvalue weighted by Crippen LogP contribution is 2.27. The van der Waals surface area contributed by atoms with E-state index in [0.29, 0.717) is 0 Å². The summed E-state index contributed by atoms with van der Waals surface area (Å²) in [5.74, 6) is -0.718. The number of carbonyl (C=O) groups is 1. The Hall–Kier alpha value is -1.06. The third-order valence-electron chi connectivity index (χ3n) is 3.38. The molecule has 1 heterocycles. The molecular weight excluding hydrogens is 250 g/mol. The number of nitrogens with zero attached hydrogens (tertiary/aromatic N) is 1. The average molecular weight is 270 g/mol. The van der Waals surface area contributed by atoms with E-state index in [4.69, 9.17) is 5.11 Å².